The Hall–Kier alpha value is -1.58. The van der Waals surface area contributed by atoms with Gasteiger partial charge >= 0.3 is 0 Å². The van der Waals surface area contributed by atoms with Gasteiger partial charge in [-0.3, -0.25) is 0 Å². The maximum Gasteiger partial charge on any atom is 0.0812 e. The molecule has 4 rings (SSSR count). The second-order valence-corrected chi connectivity index (χ2v) is 7.74. The predicted molar refractivity (Wildman–Crippen MR) is 88.2 cm³/mol. The molecule has 0 saturated carbocycles. The van der Waals surface area contributed by atoms with Gasteiger partial charge in [-0.15, -0.1) is 11.3 Å². The minimum absolute atomic E-state index is 0.148. The third-order valence-electron chi connectivity index (χ3n) is 4.49. The Morgan fingerprint density at radius 2 is 2.10 bits per heavy atom. The van der Waals surface area contributed by atoms with E-state index in [-0.39, 0.29) is 11.5 Å². The molecular formula is C18H19NOS. The number of aliphatic hydroxyl groups excluding tert-OH is 1. The van der Waals surface area contributed by atoms with Crippen LogP contribution >= 0.6 is 11.3 Å². The minimum Gasteiger partial charge on any atom is -0.388 e. The van der Waals surface area contributed by atoms with Crippen LogP contribution in [0.4, 0.5) is 0 Å². The van der Waals surface area contributed by atoms with Crippen LogP contribution in [0.1, 0.15) is 37.6 Å². The monoisotopic (exact) mass is 297 g/mol. The second kappa shape index (κ2) is 4.46. The zero-order valence-electron chi connectivity index (χ0n) is 12.3. The van der Waals surface area contributed by atoms with Crippen LogP contribution in [0, 0.1) is 5.41 Å². The Bertz CT molecular complexity index is 812. The van der Waals surface area contributed by atoms with Gasteiger partial charge in [0.25, 0.3) is 0 Å². The average Bonchev–Trinajstić information content (AvgIpc) is 3.02. The fraction of sp³-hybridized carbons (Fsp3) is 0.333. The lowest BCUT2D eigenvalue weighted by Gasteiger charge is -2.34. The van der Waals surface area contributed by atoms with Gasteiger partial charge in [-0.05, 0) is 59.4 Å². The molecule has 0 aliphatic heterocycles. The minimum atomic E-state index is -0.338. The number of nitrogens with zero attached hydrogens (tertiary/aromatic N) is 1. The van der Waals surface area contributed by atoms with Gasteiger partial charge in [0.1, 0.15) is 0 Å². The standard InChI is InChI=1S/C18H19NOS/c1-18(2)10-15-14(16(20)11-18)5-7-19(15)13-3-4-17-12(9-13)6-8-21-17/h3-9,16,20H,10-11H2,1-2H3. The number of benzene rings is 1. The molecule has 3 heteroatoms. The molecule has 1 N–H and O–H groups in total. The van der Waals surface area contributed by atoms with Gasteiger partial charge in [0, 0.05) is 27.8 Å². The highest BCUT2D eigenvalue weighted by molar-refractivity contribution is 7.17. The van der Waals surface area contributed by atoms with E-state index in [0.29, 0.717) is 0 Å². The van der Waals surface area contributed by atoms with Crippen molar-refractivity contribution in [1.29, 1.82) is 0 Å². The summed E-state index contributed by atoms with van der Waals surface area (Å²) in [6.07, 6.45) is 3.61. The zero-order chi connectivity index (χ0) is 14.6. The molecule has 0 bridgehead atoms. The summed E-state index contributed by atoms with van der Waals surface area (Å²) < 4.78 is 3.57. The summed E-state index contributed by atoms with van der Waals surface area (Å²) in [6, 6.07) is 10.8. The van der Waals surface area contributed by atoms with E-state index in [4.69, 9.17) is 0 Å². The smallest absolute Gasteiger partial charge is 0.0812 e. The van der Waals surface area contributed by atoms with Crippen LogP contribution in [0.3, 0.4) is 0 Å². The zero-order valence-corrected chi connectivity index (χ0v) is 13.2. The largest absolute Gasteiger partial charge is 0.388 e. The quantitative estimate of drug-likeness (QED) is 0.692. The number of thiophene rings is 1. The third kappa shape index (κ3) is 2.12. The van der Waals surface area contributed by atoms with Gasteiger partial charge < -0.3 is 9.67 Å². The molecule has 2 heterocycles. The molecule has 1 aliphatic carbocycles. The highest BCUT2D eigenvalue weighted by Crippen LogP contribution is 2.42. The highest BCUT2D eigenvalue weighted by Gasteiger charge is 2.33. The Labute approximate surface area is 128 Å². The second-order valence-electron chi connectivity index (χ2n) is 6.79. The van der Waals surface area contributed by atoms with E-state index in [1.54, 1.807) is 11.3 Å². The van der Waals surface area contributed by atoms with Crippen molar-refractivity contribution < 1.29 is 5.11 Å². The van der Waals surface area contributed by atoms with E-state index in [1.807, 2.05) is 0 Å². The van der Waals surface area contributed by atoms with Crippen LogP contribution in [0.2, 0.25) is 0 Å². The molecule has 1 unspecified atom stereocenters. The van der Waals surface area contributed by atoms with Gasteiger partial charge in [0.2, 0.25) is 0 Å². The lowest BCUT2D eigenvalue weighted by Crippen LogP contribution is -2.26. The number of aromatic nitrogens is 1. The Morgan fingerprint density at radius 3 is 2.95 bits per heavy atom. The van der Waals surface area contributed by atoms with E-state index < -0.39 is 0 Å². The first-order valence-corrected chi connectivity index (χ1v) is 8.27. The summed E-state index contributed by atoms with van der Waals surface area (Å²) in [7, 11) is 0. The average molecular weight is 297 g/mol. The topological polar surface area (TPSA) is 25.2 Å². The molecule has 0 amide bonds. The van der Waals surface area contributed by atoms with E-state index in [9.17, 15) is 5.11 Å². The number of rotatable bonds is 1. The summed E-state index contributed by atoms with van der Waals surface area (Å²) in [6.45, 7) is 4.47. The molecule has 21 heavy (non-hydrogen) atoms. The number of aliphatic hydroxyl groups is 1. The van der Waals surface area contributed by atoms with Gasteiger partial charge in [-0.1, -0.05) is 13.8 Å². The summed E-state index contributed by atoms with van der Waals surface area (Å²) >= 11 is 1.77. The summed E-state index contributed by atoms with van der Waals surface area (Å²) in [5, 5.41) is 13.8. The molecule has 3 aromatic rings. The maximum atomic E-state index is 10.4. The van der Waals surface area contributed by atoms with Crippen LogP contribution in [-0.4, -0.2) is 9.67 Å². The third-order valence-corrected chi connectivity index (χ3v) is 5.39. The van der Waals surface area contributed by atoms with Crippen LogP contribution < -0.4 is 0 Å². The normalized spacial score (nSPS) is 20.6. The molecule has 1 atom stereocenters. The Balaban J connectivity index is 1.86. The fourth-order valence-electron chi connectivity index (χ4n) is 3.48. The van der Waals surface area contributed by atoms with Gasteiger partial charge in [-0.25, -0.2) is 0 Å². The number of hydrogen-bond acceptors (Lipinski definition) is 2. The van der Waals surface area contributed by atoms with Crippen molar-refractivity contribution in [1.82, 2.24) is 4.57 Å². The van der Waals surface area contributed by atoms with E-state index >= 15 is 0 Å². The SMILES string of the molecule is CC1(C)Cc2c(ccn2-c2ccc3sccc3c2)C(O)C1. The lowest BCUT2D eigenvalue weighted by molar-refractivity contribution is 0.0987. The Morgan fingerprint density at radius 1 is 1.24 bits per heavy atom. The molecule has 0 spiro atoms. The summed E-state index contributed by atoms with van der Waals surface area (Å²) in [5.41, 5.74) is 3.69. The van der Waals surface area contributed by atoms with Crippen molar-refractivity contribution in [3.8, 4) is 5.69 Å². The van der Waals surface area contributed by atoms with Crippen molar-refractivity contribution in [2.24, 2.45) is 5.41 Å². The van der Waals surface area contributed by atoms with Crippen molar-refractivity contribution in [2.75, 3.05) is 0 Å². The number of fused-ring (bicyclic) bond motifs is 2. The van der Waals surface area contributed by atoms with Crippen molar-refractivity contribution in [3.63, 3.8) is 0 Å². The molecule has 108 valence electrons. The van der Waals surface area contributed by atoms with Crippen LogP contribution in [0.25, 0.3) is 15.8 Å². The molecule has 1 aromatic carbocycles. The van der Waals surface area contributed by atoms with Crippen LogP contribution in [0.15, 0.2) is 41.9 Å². The van der Waals surface area contributed by atoms with Crippen molar-refractivity contribution in [2.45, 2.75) is 32.8 Å². The van der Waals surface area contributed by atoms with Crippen molar-refractivity contribution in [3.05, 3.63) is 53.2 Å². The Kier molecular flexibility index (Phi) is 2.78. The van der Waals surface area contributed by atoms with Gasteiger partial charge in [0.05, 0.1) is 6.10 Å². The highest BCUT2D eigenvalue weighted by atomic mass is 32.1. The van der Waals surface area contributed by atoms with Crippen LogP contribution in [-0.2, 0) is 6.42 Å². The fourth-order valence-corrected chi connectivity index (χ4v) is 4.25. The first-order valence-electron chi connectivity index (χ1n) is 7.39. The summed E-state index contributed by atoms with van der Waals surface area (Å²) in [5.74, 6) is 0. The molecule has 1 aliphatic rings. The molecule has 0 fully saturated rings. The predicted octanol–water partition coefficient (Wildman–Crippen LogP) is 4.70. The van der Waals surface area contributed by atoms with Crippen LogP contribution in [0.5, 0.6) is 0 Å². The van der Waals surface area contributed by atoms with E-state index in [1.165, 1.54) is 21.5 Å². The molecule has 2 nitrogen and oxygen atoms in total. The first kappa shape index (κ1) is 13.1. The maximum absolute atomic E-state index is 10.4. The van der Waals surface area contributed by atoms with E-state index in [2.05, 4.69) is 60.3 Å². The first-order chi connectivity index (χ1) is 10.0. The molecule has 0 saturated heterocycles. The molecular weight excluding hydrogens is 278 g/mol. The van der Waals surface area contributed by atoms with Crippen molar-refractivity contribution >= 4 is 21.4 Å². The summed E-state index contributed by atoms with van der Waals surface area (Å²) in [4.78, 5) is 0. The number of hydrogen-bond donors (Lipinski definition) is 1. The van der Waals surface area contributed by atoms with E-state index in [0.717, 1.165) is 18.4 Å². The van der Waals surface area contributed by atoms with Gasteiger partial charge in [0.15, 0.2) is 0 Å². The van der Waals surface area contributed by atoms with Gasteiger partial charge in [-0.2, -0.15) is 0 Å². The lowest BCUT2D eigenvalue weighted by atomic mass is 9.75. The molecule has 2 aromatic heterocycles. The molecule has 0 radical (unpaired) electrons.